The van der Waals surface area contributed by atoms with Gasteiger partial charge in [-0.3, -0.25) is 15.1 Å². The molecule has 0 saturated carbocycles. The van der Waals surface area contributed by atoms with Gasteiger partial charge in [0, 0.05) is 46.9 Å². The third-order valence-electron chi connectivity index (χ3n) is 5.47. The molecular formula is C21H22F3N3O2S2. The molecular weight excluding hydrogens is 447 g/mol. The minimum absolute atomic E-state index is 0.0486. The van der Waals surface area contributed by atoms with E-state index in [9.17, 15) is 18.0 Å². The van der Waals surface area contributed by atoms with E-state index in [-0.39, 0.29) is 16.7 Å². The number of hydrogen-bond acceptors (Lipinski definition) is 6. The van der Waals surface area contributed by atoms with Crippen LogP contribution < -0.4 is 5.32 Å². The molecule has 1 amide bonds. The number of nitrogens with one attached hydrogen (secondary N) is 1. The van der Waals surface area contributed by atoms with Crippen LogP contribution in [0.5, 0.6) is 0 Å². The van der Waals surface area contributed by atoms with E-state index >= 15 is 0 Å². The molecule has 2 unspecified atom stereocenters. The van der Waals surface area contributed by atoms with Gasteiger partial charge in [-0.1, -0.05) is 17.6 Å². The molecule has 0 spiro atoms. The summed E-state index contributed by atoms with van der Waals surface area (Å²) in [6.07, 6.45) is 4.21. The quantitative estimate of drug-likeness (QED) is 0.309. The van der Waals surface area contributed by atoms with Crippen molar-refractivity contribution in [3.05, 3.63) is 46.7 Å². The Morgan fingerprint density at radius 1 is 1.19 bits per heavy atom. The number of alkyl halides is 3. The summed E-state index contributed by atoms with van der Waals surface area (Å²) < 4.78 is 37.2. The van der Waals surface area contributed by atoms with E-state index < -0.39 is 11.6 Å². The molecule has 10 heteroatoms. The molecule has 31 heavy (non-hydrogen) atoms. The number of thioether (sulfide) groups is 1. The summed E-state index contributed by atoms with van der Waals surface area (Å²) in [5.74, 6) is 0. The van der Waals surface area contributed by atoms with E-state index in [4.69, 9.17) is 4.84 Å². The van der Waals surface area contributed by atoms with Gasteiger partial charge >= 0.3 is 11.6 Å². The first-order chi connectivity index (χ1) is 14.9. The van der Waals surface area contributed by atoms with Crippen LogP contribution in [0.2, 0.25) is 0 Å². The number of anilines is 1. The second-order valence-electron chi connectivity index (χ2n) is 7.63. The van der Waals surface area contributed by atoms with Crippen LogP contribution in [0.3, 0.4) is 0 Å². The number of carbonyl (C=O) groups is 1. The number of nitrogens with zero attached hydrogens (tertiary/aromatic N) is 2. The first kappa shape index (κ1) is 22.2. The topological polar surface area (TPSA) is 53.9 Å². The van der Waals surface area contributed by atoms with Crippen molar-refractivity contribution in [2.24, 2.45) is 5.16 Å². The normalized spacial score (nSPS) is 21.6. The zero-order chi connectivity index (χ0) is 21.8. The molecule has 2 atom stereocenters. The Balaban J connectivity index is 1.30. The molecule has 166 valence electrons. The molecule has 2 saturated heterocycles. The van der Waals surface area contributed by atoms with Crippen LogP contribution in [0.4, 0.5) is 23.7 Å². The largest absolute Gasteiger partial charge is 0.446 e. The predicted octanol–water partition coefficient (Wildman–Crippen LogP) is 6.48. The van der Waals surface area contributed by atoms with Crippen molar-refractivity contribution in [2.75, 3.05) is 5.32 Å². The lowest BCUT2D eigenvalue weighted by molar-refractivity contribution is -0.0328. The monoisotopic (exact) mass is 469 g/mol. The summed E-state index contributed by atoms with van der Waals surface area (Å²) in [6.45, 7) is 0.949. The molecule has 0 aliphatic carbocycles. The third-order valence-corrected chi connectivity index (χ3v) is 7.07. The van der Waals surface area contributed by atoms with E-state index in [0.29, 0.717) is 17.8 Å². The van der Waals surface area contributed by atoms with Gasteiger partial charge in [0.15, 0.2) is 0 Å². The summed E-state index contributed by atoms with van der Waals surface area (Å²) in [5, 5.41) is 8.67. The van der Waals surface area contributed by atoms with Gasteiger partial charge < -0.3 is 0 Å². The highest BCUT2D eigenvalue weighted by molar-refractivity contribution is 8.00. The number of amides is 1. The smallest absolute Gasteiger partial charge is 0.298 e. The Labute approximate surface area is 186 Å². The lowest BCUT2D eigenvalue weighted by atomic mass is 9.83. The Morgan fingerprint density at radius 2 is 1.90 bits per heavy atom. The Kier molecular flexibility index (Phi) is 6.88. The van der Waals surface area contributed by atoms with Gasteiger partial charge in [0.25, 0.3) is 0 Å². The molecule has 2 aliphatic heterocycles. The second-order valence-corrected chi connectivity index (χ2v) is 9.80. The lowest BCUT2D eigenvalue weighted by Gasteiger charge is -2.46. The average Bonchev–Trinajstić information content (AvgIpc) is 3.20. The Bertz CT molecular complexity index is 901. The average molecular weight is 470 g/mol. The first-order valence-corrected chi connectivity index (χ1v) is 11.7. The van der Waals surface area contributed by atoms with Crippen molar-refractivity contribution < 1.29 is 22.8 Å². The maximum atomic E-state index is 12.4. The van der Waals surface area contributed by atoms with Gasteiger partial charge in [0.2, 0.25) is 0 Å². The highest BCUT2D eigenvalue weighted by Crippen LogP contribution is 2.37. The lowest BCUT2D eigenvalue weighted by Crippen LogP contribution is -2.51. The molecule has 5 nitrogen and oxygen atoms in total. The van der Waals surface area contributed by atoms with Crippen LogP contribution in [-0.2, 0) is 11.4 Å². The SMILES string of the molecule is O=C(Nc1ccc(SC(F)(F)F)cc1)ON=C1CC2CCCC(C1)N2Cc1cccs1. The third kappa shape index (κ3) is 6.24. The number of thiophene rings is 1. The number of halogens is 3. The van der Waals surface area contributed by atoms with Crippen molar-refractivity contribution in [1.29, 1.82) is 0 Å². The van der Waals surface area contributed by atoms with E-state index in [1.807, 2.05) is 0 Å². The summed E-state index contributed by atoms with van der Waals surface area (Å²) in [4.78, 5) is 21.0. The van der Waals surface area contributed by atoms with E-state index in [0.717, 1.165) is 37.9 Å². The number of oxime groups is 1. The maximum absolute atomic E-state index is 12.4. The van der Waals surface area contributed by atoms with Crippen LogP contribution in [0.15, 0.2) is 51.8 Å². The van der Waals surface area contributed by atoms with Crippen molar-refractivity contribution in [3.8, 4) is 0 Å². The molecule has 3 heterocycles. The van der Waals surface area contributed by atoms with E-state index in [1.54, 1.807) is 11.3 Å². The van der Waals surface area contributed by atoms with Gasteiger partial charge in [-0.25, -0.2) is 4.79 Å². The number of benzene rings is 1. The molecule has 1 N–H and O–H groups in total. The molecule has 1 aromatic heterocycles. The number of carbonyl (C=O) groups excluding carboxylic acids is 1. The number of rotatable bonds is 5. The summed E-state index contributed by atoms with van der Waals surface area (Å²) in [6, 6.07) is 10.4. The highest BCUT2D eigenvalue weighted by Gasteiger charge is 2.37. The fourth-order valence-corrected chi connectivity index (χ4v) is 5.44. The molecule has 2 bridgehead atoms. The minimum atomic E-state index is -4.35. The van der Waals surface area contributed by atoms with Gasteiger partial charge in [-0.05, 0) is 60.3 Å². The number of hydrogen-bond donors (Lipinski definition) is 1. The maximum Gasteiger partial charge on any atom is 0.446 e. The van der Waals surface area contributed by atoms with Crippen molar-refractivity contribution in [2.45, 2.75) is 61.1 Å². The van der Waals surface area contributed by atoms with Gasteiger partial charge in [0.1, 0.15) is 0 Å². The van der Waals surface area contributed by atoms with Gasteiger partial charge in [-0.15, -0.1) is 11.3 Å². The van der Waals surface area contributed by atoms with Crippen molar-refractivity contribution in [3.63, 3.8) is 0 Å². The van der Waals surface area contributed by atoms with Crippen LogP contribution in [0, 0.1) is 0 Å². The summed E-state index contributed by atoms with van der Waals surface area (Å²) >= 11 is 1.57. The summed E-state index contributed by atoms with van der Waals surface area (Å²) in [5.41, 5.74) is -3.12. The van der Waals surface area contributed by atoms with Crippen LogP contribution in [-0.4, -0.2) is 34.3 Å². The Morgan fingerprint density at radius 3 is 2.52 bits per heavy atom. The van der Waals surface area contributed by atoms with Crippen LogP contribution in [0.25, 0.3) is 0 Å². The van der Waals surface area contributed by atoms with E-state index in [2.05, 4.69) is 32.9 Å². The first-order valence-electron chi connectivity index (χ1n) is 10.0. The number of piperidine rings is 2. The number of fused-ring (bicyclic) bond motifs is 2. The zero-order valence-electron chi connectivity index (χ0n) is 16.6. The second kappa shape index (κ2) is 9.62. The van der Waals surface area contributed by atoms with Crippen LogP contribution in [0.1, 0.15) is 37.0 Å². The Hall–Kier alpha value is -2.04. The molecule has 1 aromatic carbocycles. The van der Waals surface area contributed by atoms with Crippen molar-refractivity contribution in [1.82, 2.24) is 4.90 Å². The van der Waals surface area contributed by atoms with Crippen molar-refractivity contribution >= 4 is 40.6 Å². The van der Waals surface area contributed by atoms with E-state index in [1.165, 1.54) is 35.6 Å². The molecule has 2 fully saturated rings. The summed E-state index contributed by atoms with van der Waals surface area (Å²) in [7, 11) is 0. The zero-order valence-corrected chi connectivity index (χ0v) is 18.2. The molecule has 4 rings (SSSR count). The molecule has 0 radical (unpaired) electrons. The van der Waals surface area contributed by atoms with Crippen LogP contribution >= 0.6 is 23.1 Å². The van der Waals surface area contributed by atoms with Gasteiger partial charge in [0.05, 0.1) is 5.71 Å². The predicted molar refractivity (Wildman–Crippen MR) is 116 cm³/mol. The molecule has 2 aromatic rings. The molecule has 2 aliphatic rings. The highest BCUT2D eigenvalue weighted by atomic mass is 32.2. The standard InChI is InChI=1S/C21H22F3N3O2S2/c22-21(23,24)31-18-8-6-14(7-9-18)25-20(28)29-26-15-11-16-3-1-4-17(12-15)27(16)13-19-5-2-10-30-19/h2,5-10,16-17H,1,3-4,11-13H2,(H,25,28). The van der Waals surface area contributed by atoms with Gasteiger partial charge in [-0.2, -0.15) is 13.2 Å². The fraction of sp³-hybridized carbons (Fsp3) is 0.429. The minimum Gasteiger partial charge on any atom is -0.298 e. The fourth-order valence-electron chi connectivity index (χ4n) is 4.19.